The first-order valence-electron chi connectivity index (χ1n) is 21.6. The summed E-state index contributed by atoms with van der Waals surface area (Å²) in [7, 11) is 0. The first-order valence-corrected chi connectivity index (χ1v) is 21.6. The van der Waals surface area contributed by atoms with Crippen LogP contribution in [0.3, 0.4) is 0 Å². The largest absolute Gasteiger partial charge is 0.481 e. The number of aliphatic carboxylic acids is 1. The van der Waals surface area contributed by atoms with Crippen LogP contribution in [0.4, 0.5) is 0 Å². The fourth-order valence-electron chi connectivity index (χ4n) is 10.3. The van der Waals surface area contributed by atoms with E-state index in [9.17, 15) is 49.2 Å². The van der Waals surface area contributed by atoms with E-state index in [1.54, 1.807) is 69.3 Å². The summed E-state index contributed by atoms with van der Waals surface area (Å²) < 4.78 is 35.7. The number of aliphatic hydroxyl groups is 3. The molecule has 1 saturated heterocycles. The van der Waals surface area contributed by atoms with Crippen molar-refractivity contribution in [3.8, 4) is 0 Å². The summed E-state index contributed by atoms with van der Waals surface area (Å²) in [6.45, 7) is 11.6. The predicted molar refractivity (Wildman–Crippen MR) is 225 cm³/mol. The lowest BCUT2D eigenvalue weighted by atomic mass is 9.44. The van der Waals surface area contributed by atoms with Gasteiger partial charge in [-0.05, 0) is 63.5 Å². The van der Waals surface area contributed by atoms with Gasteiger partial charge in [0.25, 0.3) is 0 Å². The Balaban J connectivity index is 1.52. The molecule has 1 heterocycles. The van der Waals surface area contributed by atoms with Crippen molar-refractivity contribution < 1.29 is 82.4 Å². The Labute approximate surface area is 376 Å². The lowest BCUT2D eigenvalue weighted by Crippen LogP contribution is -2.81. The van der Waals surface area contributed by atoms with Crippen molar-refractivity contribution in [1.82, 2.24) is 0 Å². The molecule has 2 saturated carbocycles. The summed E-state index contributed by atoms with van der Waals surface area (Å²) in [5.41, 5.74) is -8.64. The summed E-state index contributed by atoms with van der Waals surface area (Å²) >= 11 is 0. The number of hydrogen-bond acceptors (Lipinski definition) is 16. The van der Waals surface area contributed by atoms with E-state index in [4.69, 9.17) is 28.4 Å². The zero-order chi connectivity index (χ0) is 48.0. The Bertz CT molecular complexity index is 2230. The Morgan fingerprint density at radius 3 is 2.06 bits per heavy atom. The second kappa shape index (κ2) is 18.1. The van der Waals surface area contributed by atoms with Gasteiger partial charge >= 0.3 is 35.8 Å². The van der Waals surface area contributed by atoms with Gasteiger partial charge in [-0.15, -0.1) is 0 Å². The highest BCUT2D eigenvalue weighted by Crippen LogP contribution is 2.64. The molecule has 3 aliphatic carbocycles. The number of aliphatic hydroxyl groups excluding tert-OH is 2. The fraction of sp³-hybridized carbons (Fsp3) is 0.562. The third-order valence-corrected chi connectivity index (χ3v) is 13.6. The summed E-state index contributed by atoms with van der Waals surface area (Å²) in [5, 5.41) is 47.2. The normalized spacial score (nSPS) is 31.2. The molecule has 2 unspecified atom stereocenters. The van der Waals surface area contributed by atoms with Crippen molar-refractivity contribution in [1.29, 1.82) is 0 Å². The molecular formula is C48H58O17. The van der Waals surface area contributed by atoms with Crippen LogP contribution >= 0.6 is 0 Å². The molecule has 0 aromatic heterocycles. The SMILES string of the molecule is CC(=O)OC12COC1C[C@@H](O)[C@]1(C)C(=O)[C@@H](O)C3=C(C)[C@H](OC(=O)[C@@H](OC(=O)CCC(=O)O)[C@H](CC(=O)OC(C)(C)C)c4ccccc4)C[C@](O)([C@H](OC(=O)c4ccccc4)[C@@H]21)C3(C)C. The minimum atomic E-state index is -2.45. The Kier molecular flexibility index (Phi) is 13.6. The highest BCUT2D eigenvalue weighted by molar-refractivity contribution is 5.94. The molecule has 6 rings (SSSR count). The van der Waals surface area contributed by atoms with Crippen LogP contribution in [0, 0.1) is 16.7 Å². The quantitative estimate of drug-likeness (QED) is 0.126. The van der Waals surface area contributed by atoms with Gasteiger partial charge in [0.1, 0.15) is 35.6 Å². The Morgan fingerprint density at radius 1 is 0.892 bits per heavy atom. The summed E-state index contributed by atoms with van der Waals surface area (Å²) in [5.74, 6) is -10.1. The Hall–Kier alpha value is -5.49. The van der Waals surface area contributed by atoms with Gasteiger partial charge in [-0.3, -0.25) is 24.0 Å². The van der Waals surface area contributed by atoms with Crippen LogP contribution in [-0.2, 0) is 57.2 Å². The molecule has 0 amide bonds. The molecule has 3 fully saturated rings. The lowest BCUT2D eigenvalue weighted by Gasteiger charge is -2.67. The number of hydrogen-bond donors (Lipinski definition) is 4. The molecule has 2 bridgehead atoms. The van der Waals surface area contributed by atoms with Gasteiger partial charge in [-0.25, -0.2) is 9.59 Å². The predicted octanol–water partition coefficient (Wildman–Crippen LogP) is 3.92. The van der Waals surface area contributed by atoms with Crippen LogP contribution in [0.15, 0.2) is 71.8 Å². The maximum absolute atomic E-state index is 15.1. The molecule has 65 heavy (non-hydrogen) atoms. The van der Waals surface area contributed by atoms with E-state index in [2.05, 4.69) is 0 Å². The van der Waals surface area contributed by atoms with Crippen LogP contribution in [0.25, 0.3) is 0 Å². The maximum atomic E-state index is 15.1. The second-order valence-electron chi connectivity index (χ2n) is 19.2. The van der Waals surface area contributed by atoms with E-state index < -0.39 is 143 Å². The van der Waals surface area contributed by atoms with Crippen LogP contribution in [0.5, 0.6) is 0 Å². The van der Waals surface area contributed by atoms with Crippen molar-refractivity contribution in [3.63, 3.8) is 0 Å². The number of ketones is 1. The number of rotatable bonds is 13. The third kappa shape index (κ3) is 9.07. The number of carboxylic acids is 1. The van der Waals surface area contributed by atoms with E-state index in [-0.39, 0.29) is 29.7 Å². The minimum Gasteiger partial charge on any atom is -0.481 e. The molecule has 352 valence electrons. The smallest absolute Gasteiger partial charge is 0.348 e. The van der Waals surface area contributed by atoms with Crippen LogP contribution in [-0.4, -0.2) is 122 Å². The number of fused-ring (bicyclic) bond motifs is 5. The Morgan fingerprint density at radius 2 is 1.51 bits per heavy atom. The van der Waals surface area contributed by atoms with Gasteiger partial charge < -0.3 is 48.8 Å². The molecule has 2 aromatic rings. The van der Waals surface area contributed by atoms with Crippen molar-refractivity contribution in [3.05, 3.63) is 82.9 Å². The van der Waals surface area contributed by atoms with Crippen molar-refractivity contribution in [2.24, 2.45) is 16.7 Å². The zero-order valence-electron chi connectivity index (χ0n) is 37.7. The number of ether oxygens (including phenoxy) is 6. The van der Waals surface area contributed by atoms with Crippen molar-refractivity contribution in [2.45, 2.75) is 147 Å². The molecule has 0 radical (unpaired) electrons. The van der Waals surface area contributed by atoms with Gasteiger partial charge in [0.05, 0.1) is 48.9 Å². The summed E-state index contributed by atoms with van der Waals surface area (Å²) in [6, 6.07) is 15.8. The lowest BCUT2D eigenvalue weighted by molar-refractivity contribution is -0.346. The number of carbonyl (C=O) groups is 7. The van der Waals surface area contributed by atoms with Gasteiger partial charge in [0.15, 0.2) is 11.4 Å². The van der Waals surface area contributed by atoms with E-state index >= 15 is 4.79 Å². The molecule has 17 nitrogen and oxygen atoms in total. The van der Waals surface area contributed by atoms with E-state index in [1.165, 1.54) is 39.8 Å². The molecule has 11 atom stereocenters. The second-order valence-corrected chi connectivity index (χ2v) is 19.2. The average Bonchev–Trinajstić information content (AvgIpc) is 3.22. The van der Waals surface area contributed by atoms with Crippen LogP contribution < -0.4 is 0 Å². The average molecular weight is 907 g/mol. The van der Waals surface area contributed by atoms with E-state index in [1.807, 2.05) is 0 Å². The molecule has 4 N–H and O–H groups in total. The monoisotopic (exact) mass is 906 g/mol. The zero-order valence-corrected chi connectivity index (χ0v) is 37.7. The molecule has 17 heteroatoms. The highest BCUT2D eigenvalue weighted by atomic mass is 16.6. The van der Waals surface area contributed by atoms with Gasteiger partial charge in [-0.2, -0.15) is 0 Å². The number of Topliss-reactive ketones (excluding diaryl/α,β-unsaturated/α-hetero) is 1. The third-order valence-electron chi connectivity index (χ3n) is 13.6. The summed E-state index contributed by atoms with van der Waals surface area (Å²) in [4.78, 5) is 95.4. The van der Waals surface area contributed by atoms with Gasteiger partial charge in [-0.1, -0.05) is 62.4 Å². The molecule has 4 aliphatic rings. The van der Waals surface area contributed by atoms with Crippen molar-refractivity contribution >= 4 is 41.6 Å². The van der Waals surface area contributed by atoms with E-state index in [0.717, 1.165) is 6.92 Å². The van der Waals surface area contributed by atoms with Gasteiger partial charge in [0, 0.05) is 31.1 Å². The topological polar surface area (TPSA) is 256 Å². The van der Waals surface area contributed by atoms with Crippen molar-refractivity contribution in [2.75, 3.05) is 6.61 Å². The van der Waals surface area contributed by atoms with Gasteiger partial charge in [0.2, 0.25) is 6.10 Å². The molecule has 0 spiro atoms. The first kappa shape index (κ1) is 49.0. The van der Waals surface area contributed by atoms with Crippen LogP contribution in [0.2, 0.25) is 0 Å². The molecule has 1 aliphatic heterocycles. The number of esters is 5. The van der Waals surface area contributed by atoms with Crippen LogP contribution in [0.1, 0.15) is 109 Å². The summed E-state index contributed by atoms with van der Waals surface area (Å²) in [6.07, 6.45) is -12.8. The first-order chi connectivity index (χ1) is 30.3. The van der Waals surface area contributed by atoms with E-state index in [0.29, 0.717) is 5.56 Å². The number of benzene rings is 2. The fourth-order valence-corrected chi connectivity index (χ4v) is 10.3. The standard InChI is InChI=1S/C48H58O17/c1-25-30(61-43(58)38(62-34(53)20-19-33(51)52)29(27-15-11-9-12-16-27)21-35(54)65-44(3,4)5)23-48(59)41(63-42(57)28-17-13-10-14-18-28)39-46(8,40(56)37(55)36(25)45(48,6)7)31(50)22-32-47(39,24-60-32)64-26(2)49/h9-18,29-32,37-39,41,50,55,59H,19-24H2,1-8H3,(H,51,52)/t29-,30-,31-,32?,37+,38+,39-,41-,46+,47?,48+/m1/s1. The number of carboxylic acid groups (broad SMARTS) is 1. The number of carbonyl (C=O) groups excluding carboxylic acids is 6. The highest BCUT2D eigenvalue weighted by Gasteiger charge is 2.78. The minimum absolute atomic E-state index is 0.0403. The molecular weight excluding hydrogens is 849 g/mol. The maximum Gasteiger partial charge on any atom is 0.348 e. The molecule has 2 aromatic carbocycles.